The molecule has 1 aromatic heterocycles. The van der Waals surface area contributed by atoms with E-state index in [1.54, 1.807) is 0 Å². The third kappa shape index (κ3) is 1.70. The maximum atomic E-state index is 6.50. The van der Waals surface area contributed by atoms with Crippen molar-refractivity contribution in [2.24, 2.45) is 12.8 Å². The molecule has 4 nitrogen and oxygen atoms in total. The Kier molecular flexibility index (Phi) is 2.51. The first kappa shape index (κ1) is 11.5. The largest absolute Gasteiger partial charge is 0.373 e. The van der Waals surface area contributed by atoms with Gasteiger partial charge >= 0.3 is 0 Å². The van der Waals surface area contributed by atoms with E-state index in [-0.39, 0.29) is 11.6 Å². The van der Waals surface area contributed by atoms with Gasteiger partial charge in [-0.05, 0) is 26.2 Å². The summed E-state index contributed by atoms with van der Waals surface area (Å²) in [6, 6.07) is 0. The van der Waals surface area contributed by atoms with E-state index in [1.165, 1.54) is 0 Å². The third-order valence-electron chi connectivity index (χ3n) is 4.11. The first-order valence-corrected chi connectivity index (χ1v) is 6.50. The molecule has 2 aliphatic heterocycles. The average molecular weight is 256 g/mol. The van der Waals surface area contributed by atoms with Crippen molar-refractivity contribution in [3.63, 3.8) is 0 Å². The number of nitrogens with zero attached hydrogens (tertiary/aromatic N) is 2. The Morgan fingerprint density at radius 2 is 2.35 bits per heavy atom. The molecule has 94 valence electrons. The Morgan fingerprint density at radius 1 is 1.59 bits per heavy atom. The number of halogens is 1. The molecule has 5 heteroatoms. The number of rotatable bonds is 2. The van der Waals surface area contributed by atoms with Gasteiger partial charge in [-0.2, -0.15) is 5.10 Å². The highest BCUT2D eigenvalue weighted by atomic mass is 35.5. The van der Waals surface area contributed by atoms with Crippen LogP contribution in [0.5, 0.6) is 0 Å². The van der Waals surface area contributed by atoms with Crippen LogP contribution in [0.15, 0.2) is 0 Å². The van der Waals surface area contributed by atoms with Crippen LogP contribution in [0.25, 0.3) is 0 Å². The normalized spacial score (nSPS) is 35.8. The van der Waals surface area contributed by atoms with Crippen LogP contribution in [0.2, 0.25) is 5.02 Å². The molecule has 1 aromatic rings. The molecule has 2 aliphatic rings. The molecular formula is C12H18ClN3O. The summed E-state index contributed by atoms with van der Waals surface area (Å²) >= 11 is 6.28. The lowest BCUT2D eigenvalue weighted by molar-refractivity contribution is 0.0853. The predicted octanol–water partition coefficient (Wildman–Crippen LogP) is 1.57. The summed E-state index contributed by atoms with van der Waals surface area (Å²) in [6.07, 6.45) is 4.48. The van der Waals surface area contributed by atoms with Gasteiger partial charge in [-0.1, -0.05) is 11.6 Å². The van der Waals surface area contributed by atoms with Crippen LogP contribution in [0, 0.1) is 6.92 Å². The zero-order valence-electron chi connectivity index (χ0n) is 10.2. The number of hydrogen-bond donors (Lipinski definition) is 1. The minimum absolute atomic E-state index is 0.193. The molecule has 0 spiro atoms. The zero-order chi connectivity index (χ0) is 12.2. The molecule has 3 atom stereocenters. The average Bonchev–Trinajstić information content (AvgIpc) is 2.89. The summed E-state index contributed by atoms with van der Waals surface area (Å²) in [5, 5.41) is 5.08. The van der Waals surface area contributed by atoms with Gasteiger partial charge in [0.2, 0.25) is 0 Å². The van der Waals surface area contributed by atoms with Gasteiger partial charge in [-0.15, -0.1) is 0 Å². The molecule has 2 saturated heterocycles. The lowest BCUT2D eigenvalue weighted by Crippen LogP contribution is -2.50. The Hall–Kier alpha value is -0.580. The van der Waals surface area contributed by atoms with Crippen LogP contribution in [0.3, 0.4) is 0 Å². The van der Waals surface area contributed by atoms with Crippen molar-refractivity contribution in [1.82, 2.24) is 9.78 Å². The van der Waals surface area contributed by atoms with Crippen molar-refractivity contribution in [2.45, 2.75) is 50.4 Å². The van der Waals surface area contributed by atoms with Crippen LogP contribution >= 0.6 is 11.6 Å². The van der Waals surface area contributed by atoms with Gasteiger partial charge in [0.1, 0.15) is 0 Å². The second-order valence-electron chi connectivity index (χ2n) is 5.41. The van der Waals surface area contributed by atoms with E-state index < -0.39 is 0 Å². The van der Waals surface area contributed by atoms with Crippen LogP contribution < -0.4 is 5.73 Å². The summed E-state index contributed by atoms with van der Waals surface area (Å²) in [5.41, 5.74) is 8.14. The standard InChI is InChI=1S/C12H18ClN3O/c1-7-11(13)9(16(2)15-7)6-12(14)5-8-3-4-10(12)17-8/h8,10H,3-6,14H2,1-2H3. The SMILES string of the molecule is Cc1nn(C)c(CC2(N)CC3CCC2O3)c1Cl. The molecule has 2 bridgehead atoms. The Morgan fingerprint density at radius 3 is 2.82 bits per heavy atom. The fourth-order valence-electron chi connectivity index (χ4n) is 3.20. The second-order valence-corrected chi connectivity index (χ2v) is 5.79. The molecule has 0 saturated carbocycles. The molecule has 0 amide bonds. The summed E-state index contributed by atoms with van der Waals surface area (Å²) in [6.45, 7) is 1.92. The van der Waals surface area contributed by atoms with Crippen molar-refractivity contribution in [3.8, 4) is 0 Å². The summed E-state index contributed by atoms with van der Waals surface area (Å²) in [7, 11) is 1.92. The van der Waals surface area contributed by atoms with Crippen LogP contribution in [0.1, 0.15) is 30.7 Å². The molecule has 2 N–H and O–H groups in total. The van der Waals surface area contributed by atoms with Crippen LogP contribution in [0.4, 0.5) is 0 Å². The molecule has 2 fully saturated rings. The molecule has 17 heavy (non-hydrogen) atoms. The van der Waals surface area contributed by atoms with E-state index in [0.29, 0.717) is 6.10 Å². The highest BCUT2D eigenvalue weighted by Gasteiger charge is 2.50. The van der Waals surface area contributed by atoms with Crippen LogP contribution in [-0.2, 0) is 18.2 Å². The molecule has 3 heterocycles. The fourth-order valence-corrected chi connectivity index (χ4v) is 3.43. The molecule has 0 radical (unpaired) electrons. The molecule has 3 rings (SSSR count). The van der Waals surface area contributed by atoms with Crippen molar-refractivity contribution >= 4 is 11.6 Å². The van der Waals surface area contributed by atoms with Gasteiger partial charge in [0.25, 0.3) is 0 Å². The first-order chi connectivity index (χ1) is 7.99. The van der Waals surface area contributed by atoms with Crippen molar-refractivity contribution in [3.05, 3.63) is 16.4 Å². The maximum absolute atomic E-state index is 6.50. The zero-order valence-corrected chi connectivity index (χ0v) is 11.0. The Balaban J connectivity index is 1.87. The van der Waals surface area contributed by atoms with Crippen molar-refractivity contribution < 1.29 is 4.74 Å². The van der Waals surface area contributed by atoms with E-state index >= 15 is 0 Å². The number of hydrogen-bond acceptors (Lipinski definition) is 3. The maximum Gasteiger partial charge on any atom is 0.0847 e. The minimum Gasteiger partial charge on any atom is -0.373 e. The molecule has 3 unspecified atom stereocenters. The predicted molar refractivity (Wildman–Crippen MR) is 66.1 cm³/mol. The molecule has 0 aromatic carbocycles. The number of aryl methyl sites for hydroxylation is 2. The smallest absolute Gasteiger partial charge is 0.0847 e. The van der Waals surface area contributed by atoms with E-state index in [4.69, 9.17) is 22.1 Å². The Labute approximate surface area is 106 Å². The minimum atomic E-state index is -0.257. The van der Waals surface area contributed by atoms with E-state index in [9.17, 15) is 0 Å². The van der Waals surface area contributed by atoms with Gasteiger partial charge < -0.3 is 10.5 Å². The van der Waals surface area contributed by atoms with Gasteiger partial charge in [0.05, 0.1) is 34.2 Å². The monoisotopic (exact) mass is 255 g/mol. The molecule has 0 aliphatic carbocycles. The number of ether oxygens (including phenoxy) is 1. The first-order valence-electron chi connectivity index (χ1n) is 6.12. The number of fused-ring (bicyclic) bond motifs is 2. The summed E-state index contributed by atoms with van der Waals surface area (Å²) in [4.78, 5) is 0. The highest BCUT2D eigenvalue weighted by molar-refractivity contribution is 6.31. The summed E-state index contributed by atoms with van der Waals surface area (Å²) < 4.78 is 7.69. The van der Waals surface area contributed by atoms with Crippen LogP contribution in [-0.4, -0.2) is 27.5 Å². The van der Waals surface area contributed by atoms with Crippen molar-refractivity contribution in [1.29, 1.82) is 0 Å². The lowest BCUT2D eigenvalue weighted by Gasteiger charge is -2.31. The van der Waals surface area contributed by atoms with Gasteiger partial charge in [-0.3, -0.25) is 4.68 Å². The van der Waals surface area contributed by atoms with Gasteiger partial charge in [0, 0.05) is 13.5 Å². The second kappa shape index (κ2) is 3.70. The van der Waals surface area contributed by atoms with E-state index in [1.807, 2.05) is 18.7 Å². The number of nitrogens with two attached hydrogens (primary N) is 1. The van der Waals surface area contributed by atoms with Gasteiger partial charge in [0.15, 0.2) is 0 Å². The Bertz CT molecular complexity index is 459. The van der Waals surface area contributed by atoms with E-state index in [0.717, 1.165) is 42.1 Å². The third-order valence-corrected chi connectivity index (χ3v) is 4.61. The summed E-state index contributed by atoms with van der Waals surface area (Å²) in [5.74, 6) is 0. The quantitative estimate of drug-likeness (QED) is 0.873. The van der Waals surface area contributed by atoms with Crippen molar-refractivity contribution in [2.75, 3.05) is 0 Å². The van der Waals surface area contributed by atoms with E-state index in [2.05, 4.69) is 5.10 Å². The lowest BCUT2D eigenvalue weighted by atomic mass is 9.79. The number of aromatic nitrogens is 2. The van der Waals surface area contributed by atoms with Gasteiger partial charge in [-0.25, -0.2) is 0 Å². The topological polar surface area (TPSA) is 53.1 Å². The fraction of sp³-hybridized carbons (Fsp3) is 0.750. The highest BCUT2D eigenvalue weighted by Crippen LogP contribution is 2.42. The molecular weight excluding hydrogens is 238 g/mol.